The molecule has 202 valence electrons. The molecule has 9 heteroatoms. The Labute approximate surface area is 219 Å². The third-order valence-corrected chi connectivity index (χ3v) is 5.71. The molecule has 0 spiro atoms. The summed E-state index contributed by atoms with van der Waals surface area (Å²) in [5.41, 5.74) is 0.600. The zero-order valence-electron chi connectivity index (χ0n) is 22.9. The van der Waals surface area contributed by atoms with Crippen LogP contribution in [0, 0.1) is 12.8 Å². The molecule has 0 fully saturated rings. The number of rotatable bonds is 9. The number of nitrogens with one attached hydrogen (secondary N) is 2. The Hall–Kier alpha value is -3.75. The number of carbonyl (C=O) groups excluding carboxylic acids is 3. The lowest BCUT2D eigenvalue weighted by atomic mass is 9.97. The third kappa shape index (κ3) is 7.87. The van der Waals surface area contributed by atoms with Gasteiger partial charge in [0, 0.05) is 17.8 Å². The summed E-state index contributed by atoms with van der Waals surface area (Å²) in [6.45, 7) is 12.4. The number of nitrogens with zero attached hydrogens (tertiary/aromatic N) is 1. The van der Waals surface area contributed by atoms with Gasteiger partial charge in [-0.15, -0.1) is 0 Å². The van der Waals surface area contributed by atoms with E-state index in [2.05, 4.69) is 10.6 Å². The summed E-state index contributed by atoms with van der Waals surface area (Å²) in [7, 11) is 1.55. The van der Waals surface area contributed by atoms with Crippen molar-refractivity contribution in [2.45, 2.75) is 66.2 Å². The Morgan fingerprint density at radius 1 is 1.05 bits per heavy atom. The summed E-state index contributed by atoms with van der Waals surface area (Å²) >= 11 is 0. The van der Waals surface area contributed by atoms with Crippen LogP contribution in [-0.4, -0.2) is 53.2 Å². The molecule has 0 aromatic heterocycles. The van der Waals surface area contributed by atoms with E-state index in [1.807, 2.05) is 0 Å². The third-order valence-electron chi connectivity index (χ3n) is 5.71. The normalized spacial score (nSPS) is 12.9. The fourth-order valence-corrected chi connectivity index (χ4v) is 3.83. The first-order chi connectivity index (χ1) is 17.3. The largest absolute Gasteiger partial charge is 0.507 e. The second kappa shape index (κ2) is 12.5. The van der Waals surface area contributed by atoms with Crippen LogP contribution in [-0.2, 0) is 14.3 Å². The highest BCUT2D eigenvalue weighted by atomic mass is 16.6. The van der Waals surface area contributed by atoms with E-state index in [0.717, 1.165) is 0 Å². The number of para-hydroxylation sites is 1. The van der Waals surface area contributed by atoms with Gasteiger partial charge in [-0.2, -0.15) is 0 Å². The number of aromatic hydroxyl groups is 1. The quantitative estimate of drug-likeness (QED) is 0.444. The molecule has 0 heterocycles. The van der Waals surface area contributed by atoms with E-state index in [1.54, 1.807) is 98.0 Å². The van der Waals surface area contributed by atoms with Crippen molar-refractivity contribution in [3.63, 3.8) is 0 Å². The molecule has 9 nitrogen and oxygen atoms in total. The highest BCUT2D eigenvalue weighted by molar-refractivity contribution is 5.99. The van der Waals surface area contributed by atoms with E-state index in [4.69, 9.17) is 9.47 Å². The van der Waals surface area contributed by atoms with Crippen LogP contribution in [0.1, 0.15) is 58.7 Å². The SMILES string of the molecule is CCN(C(=O)C(NC(=O)OC(C)(C)C)C(C)C)C(C(=O)Nc1ccc(OC)cc1)c1cccc(C)c1O. The van der Waals surface area contributed by atoms with Crippen molar-refractivity contribution in [1.29, 1.82) is 0 Å². The van der Waals surface area contributed by atoms with Gasteiger partial charge >= 0.3 is 6.09 Å². The van der Waals surface area contributed by atoms with Gasteiger partial charge < -0.3 is 30.1 Å². The van der Waals surface area contributed by atoms with Crippen molar-refractivity contribution in [2.24, 2.45) is 5.92 Å². The van der Waals surface area contributed by atoms with Crippen molar-refractivity contribution in [1.82, 2.24) is 10.2 Å². The number of likely N-dealkylation sites (N-methyl/N-ethyl adjacent to an activating group) is 1. The number of hydrogen-bond acceptors (Lipinski definition) is 6. The van der Waals surface area contributed by atoms with Crippen LogP contribution in [0.25, 0.3) is 0 Å². The van der Waals surface area contributed by atoms with Crippen molar-refractivity contribution >= 4 is 23.6 Å². The van der Waals surface area contributed by atoms with Gasteiger partial charge in [-0.1, -0.05) is 32.0 Å². The Kier molecular flexibility index (Phi) is 9.94. The summed E-state index contributed by atoms with van der Waals surface area (Å²) in [5, 5.41) is 16.4. The number of alkyl carbamates (subject to hydrolysis) is 1. The predicted octanol–water partition coefficient (Wildman–Crippen LogP) is 4.79. The van der Waals surface area contributed by atoms with E-state index >= 15 is 0 Å². The van der Waals surface area contributed by atoms with Crippen LogP contribution in [0.5, 0.6) is 11.5 Å². The number of phenolic OH excluding ortho intramolecular Hbond substituents is 1. The molecule has 0 radical (unpaired) electrons. The summed E-state index contributed by atoms with van der Waals surface area (Å²) in [4.78, 5) is 41.4. The predicted molar refractivity (Wildman–Crippen MR) is 143 cm³/mol. The second-order valence-corrected chi connectivity index (χ2v) is 10.1. The molecule has 0 saturated heterocycles. The zero-order valence-corrected chi connectivity index (χ0v) is 22.9. The molecule has 0 aliphatic rings. The van der Waals surface area contributed by atoms with Crippen molar-refractivity contribution in [2.75, 3.05) is 19.0 Å². The second-order valence-electron chi connectivity index (χ2n) is 10.1. The molecule has 0 aliphatic carbocycles. The Balaban J connectivity index is 2.48. The van der Waals surface area contributed by atoms with E-state index in [1.165, 1.54) is 4.90 Å². The van der Waals surface area contributed by atoms with E-state index < -0.39 is 35.6 Å². The van der Waals surface area contributed by atoms with Gasteiger partial charge in [-0.25, -0.2) is 4.79 Å². The molecule has 3 N–H and O–H groups in total. The molecular weight excluding hydrogens is 474 g/mol. The number of anilines is 1. The van der Waals surface area contributed by atoms with Crippen LogP contribution in [0.15, 0.2) is 42.5 Å². The summed E-state index contributed by atoms with van der Waals surface area (Å²) in [6, 6.07) is 9.70. The van der Waals surface area contributed by atoms with E-state index in [9.17, 15) is 19.5 Å². The lowest BCUT2D eigenvalue weighted by Gasteiger charge is -2.35. The molecule has 2 aromatic rings. The maximum absolute atomic E-state index is 13.8. The summed E-state index contributed by atoms with van der Waals surface area (Å²) in [6.07, 6.45) is -0.728. The van der Waals surface area contributed by atoms with Crippen LogP contribution in [0.4, 0.5) is 10.5 Å². The number of methoxy groups -OCH3 is 1. The van der Waals surface area contributed by atoms with Crippen LogP contribution in [0.3, 0.4) is 0 Å². The minimum atomic E-state index is -1.17. The number of amides is 3. The average molecular weight is 514 g/mol. The Bertz CT molecular complexity index is 1090. The van der Waals surface area contributed by atoms with Gasteiger partial charge in [0.15, 0.2) is 0 Å². The number of aryl methyl sites for hydroxylation is 1. The first-order valence-corrected chi connectivity index (χ1v) is 12.3. The van der Waals surface area contributed by atoms with Gasteiger partial charge in [-0.3, -0.25) is 9.59 Å². The molecule has 2 rings (SSSR count). The number of carbonyl (C=O) groups is 3. The highest BCUT2D eigenvalue weighted by Gasteiger charge is 2.38. The highest BCUT2D eigenvalue weighted by Crippen LogP contribution is 2.33. The first-order valence-electron chi connectivity index (χ1n) is 12.3. The first kappa shape index (κ1) is 29.5. The summed E-state index contributed by atoms with van der Waals surface area (Å²) < 4.78 is 10.5. The molecule has 2 aromatic carbocycles. The lowest BCUT2D eigenvalue weighted by Crippen LogP contribution is -2.54. The fourth-order valence-electron chi connectivity index (χ4n) is 3.83. The van der Waals surface area contributed by atoms with Crippen LogP contribution < -0.4 is 15.4 Å². The van der Waals surface area contributed by atoms with Crippen molar-refractivity contribution in [3.05, 3.63) is 53.6 Å². The Morgan fingerprint density at radius 2 is 1.68 bits per heavy atom. The summed E-state index contributed by atoms with van der Waals surface area (Å²) in [5.74, 6) is -0.736. The van der Waals surface area contributed by atoms with Gasteiger partial charge in [-0.05, 0) is 70.4 Å². The molecule has 0 bridgehead atoms. The molecular formula is C28H39N3O6. The van der Waals surface area contributed by atoms with Crippen LogP contribution >= 0.6 is 0 Å². The maximum Gasteiger partial charge on any atom is 0.408 e. The molecule has 2 unspecified atom stereocenters. The molecule has 3 amide bonds. The lowest BCUT2D eigenvalue weighted by molar-refractivity contribution is -0.141. The van der Waals surface area contributed by atoms with Gasteiger partial charge in [0.1, 0.15) is 29.2 Å². The van der Waals surface area contributed by atoms with Gasteiger partial charge in [0.2, 0.25) is 5.91 Å². The average Bonchev–Trinajstić information content (AvgIpc) is 2.81. The number of benzene rings is 2. The molecule has 0 saturated carbocycles. The van der Waals surface area contributed by atoms with E-state index in [0.29, 0.717) is 17.0 Å². The number of hydrogen-bond donors (Lipinski definition) is 3. The maximum atomic E-state index is 13.8. The topological polar surface area (TPSA) is 117 Å². The zero-order chi connectivity index (χ0) is 27.9. The van der Waals surface area contributed by atoms with Crippen molar-refractivity contribution < 1.29 is 29.0 Å². The smallest absolute Gasteiger partial charge is 0.408 e. The minimum absolute atomic E-state index is 0.0789. The monoisotopic (exact) mass is 513 g/mol. The number of phenols is 1. The minimum Gasteiger partial charge on any atom is -0.507 e. The number of ether oxygens (including phenoxy) is 2. The van der Waals surface area contributed by atoms with E-state index in [-0.39, 0.29) is 23.8 Å². The Morgan fingerprint density at radius 3 is 2.19 bits per heavy atom. The van der Waals surface area contributed by atoms with Crippen molar-refractivity contribution in [3.8, 4) is 11.5 Å². The van der Waals surface area contributed by atoms with Crippen LogP contribution in [0.2, 0.25) is 0 Å². The fraction of sp³-hybridized carbons (Fsp3) is 0.464. The standard InChI is InChI=1S/C28H39N3O6/c1-9-31(26(34)22(17(2)3)30-27(35)37-28(5,6)7)23(21-12-10-11-18(4)24(21)32)25(33)29-19-13-15-20(36-8)16-14-19/h10-17,22-23,32H,9H2,1-8H3,(H,29,33)(H,30,35). The molecule has 37 heavy (non-hydrogen) atoms. The molecule has 0 aliphatic heterocycles. The molecule has 2 atom stereocenters. The van der Waals surface area contributed by atoms with Gasteiger partial charge in [0.25, 0.3) is 5.91 Å². The van der Waals surface area contributed by atoms with Gasteiger partial charge in [0.05, 0.1) is 7.11 Å².